The smallest absolute Gasteiger partial charge is 0.216 e. The number of hydrogen-bond donors (Lipinski definition) is 0. The summed E-state index contributed by atoms with van der Waals surface area (Å²) in [4.78, 5) is 21.3. The number of carbonyl (C=O) groups excluding carboxylic acids is 2. The second-order valence-electron chi connectivity index (χ2n) is 2.57. The van der Waals surface area contributed by atoms with E-state index in [0.29, 0.717) is 0 Å². The minimum Gasteiger partial charge on any atom is -0.291 e. The Morgan fingerprint density at radius 2 is 1.70 bits per heavy atom. The summed E-state index contributed by atoms with van der Waals surface area (Å²) in [6.07, 6.45) is 0. The molecule has 1 unspecified atom stereocenters. The minimum atomic E-state index is -0.655. The molecule has 58 valence electrons. The second kappa shape index (κ2) is 3.71. The van der Waals surface area contributed by atoms with Crippen LogP contribution in [-0.2, 0) is 9.59 Å². The molecule has 0 amide bonds. The number of rotatable bonds is 3. The van der Waals surface area contributed by atoms with Crippen LogP contribution < -0.4 is 0 Å². The number of ketones is 2. The van der Waals surface area contributed by atoms with Gasteiger partial charge in [-0.3, -0.25) is 9.59 Å². The van der Waals surface area contributed by atoms with Crippen molar-refractivity contribution in [2.75, 3.05) is 0 Å². The van der Waals surface area contributed by atoms with E-state index in [1.54, 1.807) is 13.8 Å². The fraction of sp³-hybridized carbons (Fsp3) is 0.714. The van der Waals surface area contributed by atoms with Gasteiger partial charge in [-0.15, -0.1) is 11.6 Å². The molecule has 3 heteroatoms. The quantitative estimate of drug-likeness (QED) is 0.465. The second-order valence-corrected chi connectivity index (χ2v) is 3.04. The first-order chi connectivity index (χ1) is 4.46. The zero-order chi connectivity index (χ0) is 8.31. The lowest BCUT2D eigenvalue weighted by atomic mass is 10.0. The van der Waals surface area contributed by atoms with Gasteiger partial charge in [-0.2, -0.15) is 0 Å². The molecule has 0 aliphatic heterocycles. The van der Waals surface area contributed by atoms with Crippen LogP contribution in [0.15, 0.2) is 0 Å². The van der Waals surface area contributed by atoms with Crippen LogP contribution in [0.25, 0.3) is 0 Å². The van der Waals surface area contributed by atoms with Crippen LogP contribution in [-0.4, -0.2) is 16.9 Å². The summed E-state index contributed by atoms with van der Waals surface area (Å²) < 4.78 is 0. The number of carbonyl (C=O) groups is 2. The SMILES string of the molecule is CC(=O)C(=O)C(Cl)C(C)C. The van der Waals surface area contributed by atoms with Gasteiger partial charge in [0, 0.05) is 6.92 Å². The molecule has 0 aliphatic rings. The lowest BCUT2D eigenvalue weighted by Crippen LogP contribution is -2.26. The van der Waals surface area contributed by atoms with E-state index in [1.807, 2.05) is 0 Å². The Hall–Kier alpha value is -0.370. The Morgan fingerprint density at radius 1 is 1.30 bits per heavy atom. The van der Waals surface area contributed by atoms with E-state index in [2.05, 4.69) is 0 Å². The van der Waals surface area contributed by atoms with E-state index in [-0.39, 0.29) is 5.92 Å². The third kappa shape index (κ3) is 2.48. The molecule has 0 heterocycles. The molecule has 1 atom stereocenters. The van der Waals surface area contributed by atoms with Gasteiger partial charge in [-0.05, 0) is 5.92 Å². The van der Waals surface area contributed by atoms with Crippen LogP contribution in [0.4, 0.5) is 0 Å². The van der Waals surface area contributed by atoms with Crippen LogP contribution >= 0.6 is 11.6 Å². The van der Waals surface area contributed by atoms with Crippen molar-refractivity contribution < 1.29 is 9.59 Å². The fourth-order valence-corrected chi connectivity index (χ4v) is 0.651. The van der Waals surface area contributed by atoms with E-state index in [0.717, 1.165) is 0 Å². The molecule has 0 spiro atoms. The summed E-state index contributed by atoms with van der Waals surface area (Å²) in [5.74, 6) is -0.927. The van der Waals surface area contributed by atoms with Crippen molar-refractivity contribution in [3.63, 3.8) is 0 Å². The van der Waals surface area contributed by atoms with Gasteiger partial charge in [0.1, 0.15) is 5.38 Å². The summed E-state index contributed by atoms with van der Waals surface area (Å²) in [7, 11) is 0. The van der Waals surface area contributed by atoms with Gasteiger partial charge >= 0.3 is 0 Å². The van der Waals surface area contributed by atoms with Crippen LogP contribution in [0, 0.1) is 5.92 Å². The monoisotopic (exact) mass is 162 g/mol. The molecule has 0 aliphatic carbocycles. The van der Waals surface area contributed by atoms with Gasteiger partial charge in [0.2, 0.25) is 5.78 Å². The maximum absolute atomic E-state index is 10.8. The molecule has 10 heavy (non-hydrogen) atoms. The Labute approximate surface area is 65.6 Å². The number of halogens is 1. The Bertz CT molecular complexity index is 152. The number of Topliss-reactive ketones (excluding diaryl/α,β-unsaturated/α-hetero) is 2. The van der Waals surface area contributed by atoms with Crippen LogP contribution in [0.5, 0.6) is 0 Å². The molecule has 0 aromatic heterocycles. The Balaban J connectivity index is 4.08. The van der Waals surface area contributed by atoms with E-state index < -0.39 is 16.9 Å². The third-order valence-electron chi connectivity index (χ3n) is 1.18. The van der Waals surface area contributed by atoms with Gasteiger partial charge in [0.25, 0.3) is 0 Å². The first kappa shape index (κ1) is 9.63. The summed E-state index contributed by atoms with van der Waals surface area (Å²) in [6.45, 7) is 4.84. The first-order valence-corrected chi connectivity index (χ1v) is 3.59. The van der Waals surface area contributed by atoms with Gasteiger partial charge in [0.05, 0.1) is 0 Å². The number of hydrogen-bond acceptors (Lipinski definition) is 2. The molecule has 0 saturated heterocycles. The highest BCUT2D eigenvalue weighted by Gasteiger charge is 2.22. The molecular weight excluding hydrogens is 152 g/mol. The minimum absolute atomic E-state index is 0.0260. The van der Waals surface area contributed by atoms with Gasteiger partial charge in [0.15, 0.2) is 5.78 Å². The average molecular weight is 163 g/mol. The fourth-order valence-electron chi connectivity index (χ4n) is 0.497. The highest BCUT2D eigenvalue weighted by Crippen LogP contribution is 2.10. The Kier molecular flexibility index (Phi) is 3.58. The lowest BCUT2D eigenvalue weighted by molar-refractivity contribution is -0.135. The molecule has 0 aromatic carbocycles. The molecule has 0 bridgehead atoms. The van der Waals surface area contributed by atoms with Crippen LogP contribution in [0.1, 0.15) is 20.8 Å². The Morgan fingerprint density at radius 3 is 1.80 bits per heavy atom. The zero-order valence-corrected chi connectivity index (χ0v) is 7.11. The van der Waals surface area contributed by atoms with E-state index in [4.69, 9.17) is 11.6 Å². The summed E-state index contributed by atoms with van der Waals surface area (Å²) in [5, 5.41) is -0.655. The molecule has 0 aromatic rings. The molecule has 0 saturated carbocycles. The standard InChI is InChI=1S/C7H11ClO2/c1-4(2)6(8)7(10)5(3)9/h4,6H,1-3H3. The molecular formula is C7H11ClO2. The topological polar surface area (TPSA) is 34.1 Å². The zero-order valence-electron chi connectivity index (χ0n) is 6.35. The molecule has 0 N–H and O–H groups in total. The summed E-state index contributed by atoms with van der Waals surface area (Å²) in [6, 6.07) is 0. The highest BCUT2D eigenvalue weighted by molar-refractivity contribution is 6.49. The van der Waals surface area contributed by atoms with E-state index in [1.165, 1.54) is 6.92 Å². The maximum atomic E-state index is 10.8. The lowest BCUT2D eigenvalue weighted by Gasteiger charge is -2.08. The van der Waals surface area contributed by atoms with Gasteiger partial charge in [-0.1, -0.05) is 13.8 Å². The van der Waals surface area contributed by atoms with E-state index in [9.17, 15) is 9.59 Å². The number of alkyl halides is 1. The third-order valence-corrected chi connectivity index (χ3v) is 1.88. The van der Waals surface area contributed by atoms with Crippen molar-refractivity contribution in [2.45, 2.75) is 26.1 Å². The van der Waals surface area contributed by atoms with Crippen LogP contribution in [0.2, 0.25) is 0 Å². The van der Waals surface area contributed by atoms with Crippen molar-refractivity contribution in [3.8, 4) is 0 Å². The average Bonchev–Trinajstić information content (AvgIpc) is 1.84. The predicted molar refractivity (Wildman–Crippen MR) is 40.2 cm³/mol. The van der Waals surface area contributed by atoms with Crippen molar-refractivity contribution in [1.29, 1.82) is 0 Å². The molecule has 0 rings (SSSR count). The van der Waals surface area contributed by atoms with Crippen molar-refractivity contribution in [1.82, 2.24) is 0 Å². The van der Waals surface area contributed by atoms with Gasteiger partial charge in [-0.25, -0.2) is 0 Å². The normalized spacial score (nSPS) is 13.3. The van der Waals surface area contributed by atoms with Gasteiger partial charge < -0.3 is 0 Å². The summed E-state index contributed by atoms with van der Waals surface area (Å²) >= 11 is 5.59. The molecule has 0 radical (unpaired) electrons. The highest BCUT2D eigenvalue weighted by atomic mass is 35.5. The maximum Gasteiger partial charge on any atom is 0.216 e. The summed E-state index contributed by atoms with van der Waals surface area (Å²) in [5.41, 5.74) is 0. The largest absolute Gasteiger partial charge is 0.291 e. The predicted octanol–water partition coefficient (Wildman–Crippen LogP) is 1.41. The van der Waals surface area contributed by atoms with E-state index >= 15 is 0 Å². The van der Waals surface area contributed by atoms with Crippen molar-refractivity contribution in [2.24, 2.45) is 5.92 Å². The van der Waals surface area contributed by atoms with Crippen LogP contribution in [0.3, 0.4) is 0 Å². The molecule has 2 nitrogen and oxygen atoms in total. The molecule has 0 fully saturated rings. The van der Waals surface area contributed by atoms with Crippen molar-refractivity contribution in [3.05, 3.63) is 0 Å². The first-order valence-electron chi connectivity index (χ1n) is 3.15. The van der Waals surface area contributed by atoms with Crippen molar-refractivity contribution >= 4 is 23.2 Å².